The molecule has 0 saturated heterocycles. The number of sulfonamides is 1. The largest absolute Gasteiger partial charge is 0.258 e. The van der Waals surface area contributed by atoms with Gasteiger partial charge < -0.3 is 0 Å². The third-order valence-electron chi connectivity index (χ3n) is 2.22. The number of fused-ring (bicyclic) bond motifs is 1. The average molecular weight is 291 g/mol. The van der Waals surface area contributed by atoms with Gasteiger partial charge in [-0.1, -0.05) is 17.4 Å². The van der Waals surface area contributed by atoms with Gasteiger partial charge in [-0.15, -0.1) is 11.6 Å². The molecule has 1 N–H and O–H groups in total. The van der Waals surface area contributed by atoms with Gasteiger partial charge >= 0.3 is 0 Å². The Bertz CT molecular complexity index is 664. The van der Waals surface area contributed by atoms with Crippen LogP contribution in [0, 0.1) is 13.8 Å². The van der Waals surface area contributed by atoms with E-state index in [0.717, 1.165) is 21.3 Å². The Morgan fingerprint density at radius 3 is 2.76 bits per heavy atom. The van der Waals surface area contributed by atoms with Crippen LogP contribution in [0.4, 0.5) is 5.13 Å². The maximum absolute atomic E-state index is 11.3. The van der Waals surface area contributed by atoms with Crippen molar-refractivity contribution < 1.29 is 8.42 Å². The highest BCUT2D eigenvalue weighted by atomic mass is 35.5. The van der Waals surface area contributed by atoms with Crippen LogP contribution in [-0.2, 0) is 10.0 Å². The van der Waals surface area contributed by atoms with Crippen molar-refractivity contribution >= 4 is 48.3 Å². The molecule has 4 nitrogen and oxygen atoms in total. The molecule has 0 radical (unpaired) electrons. The van der Waals surface area contributed by atoms with Crippen molar-refractivity contribution in [2.75, 3.05) is 9.93 Å². The number of benzene rings is 1. The van der Waals surface area contributed by atoms with E-state index in [-0.39, 0.29) is 0 Å². The van der Waals surface area contributed by atoms with E-state index < -0.39 is 15.2 Å². The van der Waals surface area contributed by atoms with Crippen molar-refractivity contribution in [2.24, 2.45) is 0 Å². The van der Waals surface area contributed by atoms with Crippen LogP contribution in [0.5, 0.6) is 0 Å². The summed E-state index contributed by atoms with van der Waals surface area (Å²) in [6.45, 7) is 3.95. The Hall–Kier alpha value is -0.850. The van der Waals surface area contributed by atoms with Crippen LogP contribution >= 0.6 is 22.9 Å². The standard InChI is InChI=1S/C10H11ClN2O2S2/c1-6-3-7(2)9-8(4-6)16-10(12-9)13-17(14,15)5-11/h3-4H,5H2,1-2H3,(H,12,13). The molecule has 7 heteroatoms. The van der Waals surface area contributed by atoms with Crippen molar-refractivity contribution in [1.29, 1.82) is 0 Å². The van der Waals surface area contributed by atoms with E-state index in [2.05, 4.69) is 9.71 Å². The van der Waals surface area contributed by atoms with E-state index in [1.54, 1.807) is 0 Å². The van der Waals surface area contributed by atoms with E-state index in [1.807, 2.05) is 26.0 Å². The summed E-state index contributed by atoms with van der Waals surface area (Å²) in [7, 11) is -3.48. The summed E-state index contributed by atoms with van der Waals surface area (Å²) in [5.74, 6) is 0. The molecule has 0 saturated carbocycles. The number of aromatic nitrogens is 1. The Balaban J connectivity index is 2.49. The highest BCUT2D eigenvalue weighted by molar-refractivity contribution is 7.94. The highest BCUT2D eigenvalue weighted by Gasteiger charge is 2.13. The van der Waals surface area contributed by atoms with E-state index in [9.17, 15) is 8.42 Å². The van der Waals surface area contributed by atoms with Gasteiger partial charge in [0.05, 0.1) is 10.2 Å². The number of alkyl halides is 1. The van der Waals surface area contributed by atoms with Crippen molar-refractivity contribution in [2.45, 2.75) is 13.8 Å². The molecule has 2 aromatic rings. The molecule has 17 heavy (non-hydrogen) atoms. The first kappa shape index (κ1) is 12.6. The molecule has 1 heterocycles. The van der Waals surface area contributed by atoms with Gasteiger partial charge in [-0.2, -0.15) is 0 Å². The average Bonchev–Trinajstić information content (AvgIpc) is 2.59. The lowest BCUT2D eigenvalue weighted by Gasteiger charge is -1.98. The Morgan fingerprint density at radius 2 is 2.12 bits per heavy atom. The van der Waals surface area contributed by atoms with Gasteiger partial charge in [0.25, 0.3) is 0 Å². The van der Waals surface area contributed by atoms with Crippen LogP contribution in [0.3, 0.4) is 0 Å². The Kier molecular flexibility index (Phi) is 3.29. The summed E-state index contributed by atoms with van der Waals surface area (Å²) >= 11 is 6.63. The van der Waals surface area contributed by atoms with Gasteiger partial charge in [-0.05, 0) is 31.0 Å². The number of nitrogens with one attached hydrogen (secondary N) is 1. The number of hydrogen-bond donors (Lipinski definition) is 1. The van der Waals surface area contributed by atoms with Crippen molar-refractivity contribution in [3.63, 3.8) is 0 Å². The zero-order chi connectivity index (χ0) is 12.6. The maximum atomic E-state index is 11.3. The van der Waals surface area contributed by atoms with Crippen LogP contribution < -0.4 is 4.72 Å². The maximum Gasteiger partial charge on any atom is 0.248 e. The first-order chi connectivity index (χ1) is 7.91. The third kappa shape index (κ3) is 2.70. The smallest absolute Gasteiger partial charge is 0.248 e. The van der Waals surface area contributed by atoms with E-state index in [4.69, 9.17) is 11.6 Å². The second-order valence-electron chi connectivity index (χ2n) is 3.77. The molecule has 0 spiro atoms. The summed E-state index contributed by atoms with van der Waals surface area (Å²) < 4.78 is 26.0. The van der Waals surface area contributed by atoms with E-state index >= 15 is 0 Å². The number of rotatable bonds is 3. The Morgan fingerprint density at radius 1 is 1.41 bits per heavy atom. The molecule has 0 aliphatic carbocycles. The number of nitrogens with zero attached hydrogens (tertiary/aromatic N) is 1. The van der Waals surface area contributed by atoms with Crippen LogP contribution in [0.15, 0.2) is 12.1 Å². The molecule has 0 fully saturated rings. The first-order valence-electron chi connectivity index (χ1n) is 4.85. The minimum absolute atomic E-state index is 0.356. The summed E-state index contributed by atoms with van der Waals surface area (Å²) in [5.41, 5.74) is 2.99. The monoisotopic (exact) mass is 290 g/mol. The van der Waals surface area contributed by atoms with Gasteiger partial charge in [0, 0.05) is 0 Å². The predicted molar refractivity (Wildman–Crippen MR) is 72.4 cm³/mol. The zero-order valence-corrected chi connectivity index (χ0v) is 11.7. The second kappa shape index (κ2) is 4.44. The fourth-order valence-corrected chi connectivity index (χ4v) is 3.55. The number of anilines is 1. The lowest BCUT2D eigenvalue weighted by atomic mass is 10.1. The third-order valence-corrected chi connectivity index (χ3v) is 4.92. The second-order valence-corrected chi connectivity index (χ2v) is 7.11. The molecule has 0 unspecified atom stereocenters. The molecular formula is C10H11ClN2O2S2. The fraction of sp³-hybridized carbons (Fsp3) is 0.300. The number of hydrogen-bond acceptors (Lipinski definition) is 4. The summed E-state index contributed by atoms with van der Waals surface area (Å²) in [5, 5.41) is -0.115. The molecule has 1 aromatic carbocycles. The summed E-state index contributed by atoms with van der Waals surface area (Å²) in [4.78, 5) is 4.26. The van der Waals surface area contributed by atoms with Crippen LogP contribution in [0.25, 0.3) is 10.2 Å². The predicted octanol–water partition coefficient (Wildman–Crippen LogP) is 2.85. The molecule has 0 aliphatic heterocycles. The lowest BCUT2D eigenvalue weighted by molar-refractivity contribution is 0.605. The van der Waals surface area contributed by atoms with Gasteiger partial charge in [0.15, 0.2) is 5.13 Å². The Labute approximate surface area is 109 Å². The van der Waals surface area contributed by atoms with Gasteiger partial charge in [0.1, 0.15) is 5.21 Å². The minimum Gasteiger partial charge on any atom is -0.258 e. The van der Waals surface area contributed by atoms with Crippen LogP contribution in [0.1, 0.15) is 11.1 Å². The molecule has 0 atom stereocenters. The highest BCUT2D eigenvalue weighted by Crippen LogP contribution is 2.29. The van der Waals surface area contributed by atoms with Crippen molar-refractivity contribution in [3.05, 3.63) is 23.3 Å². The SMILES string of the molecule is Cc1cc(C)c2nc(NS(=O)(=O)CCl)sc2c1. The summed E-state index contributed by atoms with van der Waals surface area (Å²) in [6.07, 6.45) is 0. The molecule has 1 aromatic heterocycles. The number of aryl methyl sites for hydroxylation is 2. The molecule has 0 amide bonds. The summed E-state index contributed by atoms with van der Waals surface area (Å²) in [6, 6.07) is 4.00. The molecule has 0 aliphatic rings. The molecule has 0 bridgehead atoms. The van der Waals surface area contributed by atoms with E-state index in [0.29, 0.717) is 5.13 Å². The van der Waals surface area contributed by atoms with Gasteiger partial charge in [-0.3, -0.25) is 4.72 Å². The minimum atomic E-state index is -3.48. The van der Waals surface area contributed by atoms with Crippen LogP contribution in [-0.4, -0.2) is 18.6 Å². The zero-order valence-electron chi connectivity index (χ0n) is 9.32. The first-order valence-corrected chi connectivity index (χ1v) is 7.86. The van der Waals surface area contributed by atoms with Crippen LogP contribution in [0.2, 0.25) is 0 Å². The van der Waals surface area contributed by atoms with E-state index in [1.165, 1.54) is 11.3 Å². The molecule has 2 rings (SSSR count). The molecule has 92 valence electrons. The number of thiazole rings is 1. The normalized spacial score (nSPS) is 11.9. The van der Waals surface area contributed by atoms with Crippen molar-refractivity contribution in [3.8, 4) is 0 Å². The molecular weight excluding hydrogens is 280 g/mol. The van der Waals surface area contributed by atoms with Gasteiger partial charge in [-0.25, -0.2) is 13.4 Å². The number of halogens is 1. The van der Waals surface area contributed by atoms with Gasteiger partial charge in [0.2, 0.25) is 10.0 Å². The topological polar surface area (TPSA) is 59.1 Å². The fourth-order valence-electron chi connectivity index (χ4n) is 1.57. The van der Waals surface area contributed by atoms with Crippen molar-refractivity contribution in [1.82, 2.24) is 4.98 Å². The lowest BCUT2D eigenvalue weighted by Crippen LogP contribution is -2.12. The quantitative estimate of drug-likeness (QED) is 0.884.